The van der Waals surface area contributed by atoms with E-state index in [-0.39, 0.29) is 11.7 Å². The van der Waals surface area contributed by atoms with Gasteiger partial charge < -0.3 is 19.9 Å². The van der Waals surface area contributed by atoms with Crippen LogP contribution in [0.3, 0.4) is 0 Å². The van der Waals surface area contributed by atoms with Crippen molar-refractivity contribution in [1.82, 2.24) is 5.32 Å². The lowest BCUT2D eigenvalue weighted by molar-refractivity contribution is -0.186. The molecule has 2 N–H and O–H groups in total. The fraction of sp³-hybridized carbons (Fsp3) is 0.417. The predicted molar refractivity (Wildman–Crippen MR) is 58.8 cm³/mol. The average Bonchev–Trinajstić information content (AvgIpc) is 2.66. The van der Waals surface area contributed by atoms with Gasteiger partial charge in [0.05, 0.1) is 24.8 Å². The summed E-state index contributed by atoms with van der Waals surface area (Å²) in [6.45, 7) is 1.97. The highest BCUT2D eigenvalue weighted by atomic mass is 16.7. The number of nitrogens with one attached hydrogen (secondary N) is 1. The summed E-state index contributed by atoms with van der Waals surface area (Å²) in [6, 6.07) is 6.64. The van der Waals surface area contributed by atoms with Crippen molar-refractivity contribution in [2.24, 2.45) is 0 Å². The number of morpholine rings is 1. The Morgan fingerprint density at radius 3 is 2.88 bits per heavy atom. The standard InChI is InChI=1S/C12H13NO4/c14-11(15)8-1-3-9(4-2-8)12-7-13-5-10(17-12)6-16-12/h1-4,10,13H,5-7H2,(H,14,15). The number of rotatable bonds is 2. The van der Waals surface area contributed by atoms with E-state index < -0.39 is 11.8 Å². The van der Waals surface area contributed by atoms with Crippen molar-refractivity contribution in [3.8, 4) is 0 Å². The van der Waals surface area contributed by atoms with E-state index >= 15 is 0 Å². The molecular weight excluding hydrogens is 222 g/mol. The molecule has 2 heterocycles. The van der Waals surface area contributed by atoms with E-state index in [1.807, 2.05) is 0 Å². The average molecular weight is 235 g/mol. The van der Waals surface area contributed by atoms with Gasteiger partial charge >= 0.3 is 5.97 Å². The van der Waals surface area contributed by atoms with Gasteiger partial charge in [-0.15, -0.1) is 0 Å². The first-order valence-corrected chi connectivity index (χ1v) is 5.56. The van der Waals surface area contributed by atoms with Gasteiger partial charge in [0.25, 0.3) is 0 Å². The predicted octanol–water partition coefficient (Wildman–Crippen LogP) is 0.556. The maximum absolute atomic E-state index is 10.8. The Bertz CT molecular complexity index is 440. The maximum atomic E-state index is 10.8. The zero-order valence-corrected chi connectivity index (χ0v) is 9.18. The molecule has 90 valence electrons. The molecule has 3 rings (SSSR count). The van der Waals surface area contributed by atoms with Crippen LogP contribution in [0.15, 0.2) is 24.3 Å². The van der Waals surface area contributed by atoms with Gasteiger partial charge in [0.2, 0.25) is 5.79 Å². The summed E-state index contributed by atoms with van der Waals surface area (Å²) in [5, 5.41) is 12.1. The van der Waals surface area contributed by atoms with Crippen LogP contribution in [-0.2, 0) is 15.3 Å². The second-order valence-electron chi connectivity index (χ2n) is 4.32. The minimum Gasteiger partial charge on any atom is -0.478 e. The molecule has 2 aliphatic rings. The van der Waals surface area contributed by atoms with E-state index in [4.69, 9.17) is 14.6 Å². The van der Waals surface area contributed by atoms with Crippen molar-refractivity contribution in [1.29, 1.82) is 0 Å². The summed E-state index contributed by atoms with van der Waals surface area (Å²) >= 11 is 0. The molecule has 2 unspecified atom stereocenters. The van der Waals surface area contributed by atoms with Crippen LogP contribution < -0.4 is 5.32 Å². The van der Waals surface area contributed by atoms with Crippen LogP contribution in [0.25, 0.3) is 0 Å². The molecule has 2 atom stereocenters. The monoisotopic (exact) mass is 235 g/mol. The maximum Gasteiger partial charge on any atom is 0.335 e. The topological polar surface area (TPSA) is 67.8 Å². The molecule has 0 amide bonds. The number of hydrogen-bond acceptors (Lipinski definition) is 4. The van der Waals surface area contributed by atoms with Crippen molar-refractivity contribution in [2.75, 3.05) is 19.7 Å². The summed E-state index contributed by atoms with van der Waals surface area (Å²) in [5.74, 6) is -1.66. The Kier molecular flexibility index (Phi) is 2.39. The Labute approximate surface area is 98.3 Å². The molecular formula is C12H13NO4. The number of aromatic carboxylic acids is 1. The Morgan fingerprint density at radius 1 is 1.41 bits per heavy atom. The van der Waals surface area contributed by atoms with Crippen molar-refractivity contribution in [2.45, 2.75) is 11.9 Å². The lowest BCUT2D eigenvalue weighted by Gasteiger charge is -2.32. The third kappa shape index (κ3) is 1.72. The number of hydrogen-bond donors (Lipinski definition) is 2. The molecule has 2 bridgehead atoms. The van der Waals surface area contributed by atoms with Crippen LogP contribution in [0.4, 0.5) is 0 Å². The van der Waals surface area contributed by atoms with Gasteiger partial charge in [0.1, 0.15) is 0 Å². The van der Waals surface area contributed by atoms with Gasteiger partial charge in [-0.05, 0) is 12.1 Å². The van der Waals surface area contributed by atoms with Gasteiger partial charge in [-0.25, -0.2) is 4.79 Å². The zero-order valence-electron chi connectivity index (χ0n) is 9.18. The van der Waals surface area contributed by atoms with E-state index in [0.717, 1.165) is 12.1 Å². The molecule has 0 radical (unpaired) electrons. The molecule has 2 aliphatic heterocycles. The second-order valence-corrected chi connectivity index (χ2v) is 4.32. The lowest BCUT2D eigenvalue weighted by atomic mass is 10.0. The first-order chi connectivity index (χ1) is 8.20. The minimum atomic E-state index is -0.929. The number of carboxylic acids is 1. The lowest BCUT2D eigenvalue weighted by Crippen LogP contribution is -2.46. The number of carbonyl (C=O) groups is 1. The van der Waals surface area contributed by atoms with E-state index in [9.17, 15) is 4.79 Å². The highest BCUT2D eigenvalue weighted by Gasteiger charge is 2.45. The molecule has 0 saturated carbocycles. The molecule has 0 aliphatic carbocycles. The molecule has 5 nitrogen and oxygen atoms in total. The Hall–Kier alpha value is -1.43. The summed E-state index contributed by atoms with van der Waals surface area (Å²) in [4.78, 5) is 10.8. The van der Waals surface area contributed by atoms with Gasteiger partial charge in [-0.1, -0.05) is 12.1 Å². The number of benzene rings is 1. The van der Waals surface area contributed by atoms with Crippen molar-refractivity contribution < 1.29 is 19.4 Å². The molecule has 1 aromatic carbocycles. The first kappa shape index (κ1) is 10.7. The molecule has 2 saturated heterocycles. The molecule has 1 aromatic rings. The van der Waals surface area contributed by atoms with Gasteiger partial charge in [-0.2, -0.15) is 0 Å². The minimum absolute atomic E-state index is 0.0860. The molecule has 2 fully saturated rings. The fourth-order valence-electron chi connectivity index (χ4n) is 2.28. The zero-order chi connectivity index (χ0) is 11.9. The number of ether oxygens (including phenoxy) is 2. The van der Waals surface area contributed by atoms with Crippen LogP contribution in [-0.4, -0.2) is 36.9 Å². The summed E-state index contributed by atoms with van der Waals surface area (Å²) in [6.07, 6.45) is 0.0860. The highest BCUT2D eigenvalue weighted by molar-refractivity contribution is 5.87. The van der Waals surface area contributed by atoms with Gasteiger partial charge in [0.15, 0.2) is 0 Å². The van der Waals surface area contributed by atoms with E-state index in [1.54, 1.807) is 24.3 Å². The fourth-order valence-corrected chi connectivity index (χ4v) is 2.28. The van der Waals surface area contributed by atoms with Crippen LogP contribution in [0, 0.1) is 0 Å². The van der Waals surface area contributed by atoms with Crippen molar-refractivity contribution in [3.63, 3.8) is 0 Å². The molecule has 0 aromatic heterocycles. The van der Waals surface area contributed by atoms with Crippen LogP contribution >= 0.6 is 0 Å². The van der Waals surface area contributed by atoms with E-state index in [2.05, 4.69) is 5.32 Å². The van der Waals surface area contributed by atoms with Crippen LogP contribution in [0.5, 0.6) is 0 Å². The summed E-state index contributed by atoms with van der Waals surface area (Å²) in [7, 11) is 0. The Morgan fingerprint density at radius 2 is 2.18 bits per heavy atom. The van der Waals surface area contributed by atoms with Crippen LogP contribution in [0.1, 0.15) is 15.9 Å². The SMILES string of the molecule is O=C(O)c1ccc(C23CNCC(CO2)O3)cc1. The van der Waals surface area contributed by atoms with Crippen molar-refractivity contribution in [3.05, 3.63) is 35.4 Å². The summed E-state index contributed by atoms with van der Waals surface area (Å²) < 4.78 is 11.6. The second kappa shape index (κ2) is 3.80. The van der Waals surface area contributed by atoms with Gasteiger partial charge in [0, 0.05) is 12.1 Å². The largest absolute Gasteiger partial charge is 0.478 e. The number of carboxylic acid groups (broad SMARTS) is 1. The smallest absolute Gasteiger partial charge is 0.335 e. The molecule has 0 spiro atoms. The number of fused-ring (bicyclic) bond motifs is 2. The normalized spacial score (nSPS) is 31.4. The van der Waals surface area contributed by atoms with E-state index in [1.165, 1.54) is 0 Å². The van der Waals surface area contributed by atoms with Gasteiger partial charge in [-0.3, -0.25) is 0 Å². The quantitative estimate of drug-likeness (QED) is 0.783. The molecule has 5 heteroatoms. The first-order valence-electron chi connectivity index (χ1n) is 5.56. The molecule has 17 heavy (non-hydrogen) atoms. The van der Waals surface area contributed by atoms with Crippen LogP contribution in [0.2, 0.25) is 0 Å². The van der Waals surface area contributed by atoms with Crippen molar-refractivity contribution >= 4 is 5.97 Å². The Balaban J connectivity index is 1.91. The summed E-state index contributed by atoms with van der Waals surface area (Å²) in [5.41, 5.74) is 1.13. The van der Waals surface area contributed by atoms with E-state index in [0.29, 0.717) is 13.2 Å². The highest BCUT2D eigenvalue weighted by Crippen LogP contribution is 2.35. The third-order valence-corrected chi connectivity index (χ3v) is 3.16. The third-order valence-electron chi connectivity index (χ3n) is 3.16.